The van der Waals surface area contributed by atoms with E-state index in [-0.39, 0.29) is 5.89 Å². The van der Waals surface area contributed by atoms with Crippen LogP contribution in [0, 0.1) is 6.92 Å². The van der Waals surface area contributed by atoms with Gasteiger partial charge in [-0.1, -0.05) is 0 Å². The Morgan fingerprint density at radius 1 is 1.33 bits per heavy atom. The maximum absolute atomic E-state index is 12.1. The fourth-order valence-corrected chi connectivity index (χ4v) is 1.80. The highest BCUT2D eigenvalue weighted by atomic mass is 32.1. The van der Waals surface area contributed by atoms with Crippen molar-refractivity contribution in [2.24, 2.45) is 0 Å². The molecule has 15 heavy (non-hydrogen) atoms. The predicted octanol–water partition coefficient (Wildman–Crippen LogP) is 3.13. The summed E-state index contributed by atoms with van der Waals surface area (Å²) in [6.45, 7) is 1.83. The molecule has 0 saturated carbocycles. The Bertz CT molecular complexity index is 474. The molecule has 0 amide bonds. The number of halogens is 3. The highest BCUT2D eigenvalue weighted by Gasteiger charge is 2.38. The van der Waals surface area contributed by atoms with Gasteiger partial charge in [-0.05, 0) is 23.9 Å². The van der Waals surface area contributed by atoms with Crippen molar-refractivity contribution in [1.29, 1.82) is 0 Å². The molecule has 2 aromatic rings. The van der Waals surface area contributed by atoms with Gasteiger partial charge in [-0.3, -0.25) is 0 Å². The minimum Gasteiger partial charge on any atom is -0.412 e. The van der Waals surface area contributed by atoms with Crippen molar-refractivity contribution >= 4 is 11.3 Å². The topological polar surface area (TPSA) is 38.9 Å². The van der Waals surface area contributed by atoms with Crippen LogP contribution in [0.15, 0.2) is 15.9 Å². The summed E-state index contributed by atoms with van der Waals surface area (Å²) in [7, 11) is 0. The molecule has 0 aliphatic rings. The lowest BCUT2D eigenvalue weighted by atomic mass is 10.3. The molecule has 0 radical (unpaired) electrons. The number of hydrogen-bond donors (Lipinski definition) is 0. The number of alkyl halides is 3. The van der Waals surface area contributed by atoms with Gasteiger partial charge in [0.15, 0.2) is 0 Å². The van der Waals surface area contributed by atoms with Gasteiger partial charge in [0.1, 0.15) is 0 Å². The van der Waals surface area contributed by atoms with E-state index in [1.165, 1.54) is 11.3 Å². The standard InChI is InChI=1S/C8H5F3N2OS/c1-4-2-5(15-3-4)6-12-13-7(14-6)8(9,10)11/h2-3H,1H3. The van der Waals surface area contributed by atoms with Crippen LogP contribution in [0.1, 0.15) is 11.5 Å². The molecule has 2 aromatic heterocycles. The lowest BCUT2D eigenvalue weighted by Crippen LogP contribution is -2.04. The van der Waals surface area contributed by atoms with Crippen LogP contribution in [0.4, 0.5) is 13.2 Å². The van der Waals surface area contributed by atoms with Crippen LogP contribution in [-0.2, 0) is 6.18 Å². The smallest absolute Gasteiger partial charge is 0.412 e. The Kier molecular flexibility index (Phi) is 2.26. The summed E-state index contributed by atoms with van der Waals surface area (Å²) in [4.78, 5) is 0.538. The van der Waals surface area contributed by atoms with Crippen molar-refractivity contribution in [3.05, 3.63) is 22.9 Å². The minimum atomic E-state index is -4.59. The van der Waals surface area contributed by atoms with Crippen molar-refractivity contribution in [3.8, 4) is 10.8 Å². The Balaban J connectivity index is 2.36. The van der Waals surface area contributed by atoms with Crippen molar-refractivity contribution < 1.29 is 17.6 Å². The molecule has 0 fully saturated rings. The molecular formula is C8H5F3N2OS. The van der Waals surface area contributed by atoms with Crippen LogP contribution >= 0.6 is 11.3 Å². The molecule has 0 unspecified atom stereocenters. The third kappa shape index (κ3) is 2.01. The summed E-state index contributed by atoms with van der Waals surface area (Å²) < 4.78 is 40.9. The quantitative estimate of drug-likeness (QED) is 0.760. The Morgan fingerprint density at radius 2 is 2.07 bits per heavy atom. The Morgan fingerprint density at radius 3 is 2.53 bits per heavy atom. The normalized spacial score (nSPS) is 12.0. The molecule has 0 aliphatic carbocycles. The van der Waals surface area contributed by atoms with Crippen molar-refractivity contribution in [3.63, 3.8) is 0 Å². The number of aryl methyl sites for hydroxylation is 1. The van der Waals surface area contributed by atoms with Gasteiger partial charge in [-0.25, -0.2) is 0 Å². The van der Waals surface area contributed by atoms with E-state index in [1.807, 2.05) is 6.92 Å². The predicted molar refractivity (Wildman–Crippen MR) is 47.4 cm³/mol. The van der Waals surface area contributed by atoms with Crippen molar-refractivity contribution in [2.75, 3.05) is 0 Å². The number of rotatable bonds is 1. The van der Waals surface area contributed by atoms with Crippen LogP contribution in [0.25, 0.3) is 10.8 Å². The zero-order chi connectivity index (χ0) is 11.1. The van der Waals surface area contributed by atoms with Gasteiger partial charge in [0, 0.05) is 0 Å². The second kappa shape index (κ2) is 3.34. The van der Waals surface area contributed by atoms with Crippen molar-refractivity contribution in [2.45, 2.75) is 13.1 Å². The maximum Gasteiger partial charge on any atom is 0.470 e. The molecule has 0 atom stereocenters. The summed E-state index contributed by atoms with van der Waals surface area (Å²) in [5.41, 5.74) is 0.946. The second-order valence-corrected chi connectivity index (χ2v) is 3.81. The summed E-state index contributed by atoms with van der Waals surface area (Å²) in [6, 6.07) is 1.69. The largest absolute Gasteiger partial charge is 0.470 e. The third-order valence-corrected chi connectivity index (χ3v) is 2.64. The van der Waals surface area contributed by atoms with Gasteiger partial charge < -0.3 is 4.42 Å². The third-order valence-electron chi connectivity index (χ3n) is 1.61. The monoisotopic (exact) mass is 234 g/mol. The minimum absolute atomic E-state index is 0.0968. The van der Waals surface area contributed by atoms with E-state index in [2.05, 4.69) is 14.6 Å². The summed E-state index contributed by atoms with van der Waals surface area (Å²) in [6.07, 6.45) is -4.59. The second-order valence-electron chi connectivity index (χ2n) is 2.90. The lowest BCUT2D eigenvalue weighted by Gasteiger charge is -1.96. The van der Waals surface area contributed by atoms with E-state index < -0.39 is 12.1 Å². The maximum atomic E-state index is 12.1. The molecular weight excluding hydrogens is 229 g/mol. The fraction of sp³-hybridized carbons (Fsp3) is 0.250. The van der Waals surface area contributed by atoms with E-state index in [4.69, 9.17) is 0 Å². The van der Waals surface area contributed by atoms with Gasteiger partial charge in [0.05, 0.1) is 4.88 Å². The summed E-state index contributed by atoms with van der Waals surface area (Å²) in [5, 5.41) is 8.08. The first-order valence-corrected chi connectivity index (χ1v) is 4.81. The SMILES string of the molecule is Cc1csc(-c2nnc(C(F)(F)F)o2)c1. The molecule has 7 heteroatoms. The highest BCUT2D eigenvalue weighted by molar-refractivity contribution is 7.13. The molecule has 3 nitrogen and oxygen atoms in total. The van der Waals surface area contributed by atoms with Gasteiger partial charge in [0.2, 0.25) is 0 Å². The van der Waals surface area contributed by atoms with Crippen molar-refractivity contribution in [1.82, 2.24) is 10.2 Å². The number of nitrogens with zero attached hydrogens (tertiary/aromatic N) is 2. The first-order valence-electron chi connectivity index (χ1n) is 3.93. The number of aromatic nitrogens is 2. The van der Waals surface area contributed by atoms with Gasteiger partial charge in [-0.15, -0.1) is 21.5 Å². The molecule has 0 aromatic carbocycles. The van der Waals surface area contributed by atoms with E-state index in [9.17, 15) is 13.2 Å². The van der Waals surface area contributed by atoms with Gasteiger partial charge in [-0.2, -0.15) is 13.2 Å². The highest BCUT2D eigenvalue weighted by Crippen LogP contribution is 2.32. The molecule has 0 N–H and O–H groups in total. The van der Waals surface area contributed by atoms with E-state index in [0.29, 0.717) is 4.88 Å². The molecule has 0 saturated heterocycles. The zero-order valence-corrected chi connectivity index (χ0v) is 8.32. The Hall–Kier alpha value is -1.37. The number of hydrogen-bond acceptors (Lipinski definition) is 4. The molecule has 80 valence electrons. The first kappa shape index (κ1) is 10.2. The van der Waals surface area contributed by atoms with Gasteiger partial charge >= 0.3 is 12.1 Å². The van der Waals surface area contributed by atoms with Crippen LogP contribution in [0.2, 0.25) is 0 Å². The lowest BCUT2D eigenvalue weighted by molar-refractivity contribution is -0.156. The van der Waals surface area contributed by atoms with E-state index >= 15 is 0 Å². The molecule has 2 heterocycles. The molecule has 0 bridgehead atoms. The van der Waals surface area contributed by atoms with Crippen LogP contribution in [0.3, 0.4) is 0 Å². The van der Waals surface area contributed by atoms with Gasteiger partial charge in [0.25, 0.3) is 5.89 Å². The summed E-state index contributed by atoms with van der Waals surface area (Å²) in [5.74, 6) is -1.41. The summed E-state index contributed by atoms with van der Waals surface area (Å²) >= 11 is 1.26. The van der Waals surface area contributed by atoms with E-state index in [1.54, 1.807) is 11.4 Å². The van der Waals surface area contributed by atoms with Crippen LogP contribution in [-0.4, -0.2) is 10.2 Å². The molecule has 0 spiro atoms. The average Bonchev–Trinajstić information content (AvgIpc) is 2.69. The Labute approximate surface area is 86.6 Å². The van der Waals surface area contributed by atoms with Crippen LogP contribution < -0.4 is 0 Å². The first-order chi connectivity index (χ1) is 6.97. The average molecular weight is 234 g/mol. The fourth-order valence-electron chi connectivity index (χ4n) is 0.981. The molecule has 0 aliphatic heterocycles. The molecule has 2 rings (SSSR count). The van der Waals surface area contributed by atoms with Crippen LogP contribution in [0.5, 0.6) is 0 Å². The van der Waals surface area contributed by atoms with E-state index in [0.717, 1.165) is 5.56 Å². The number of thiophene rings is 1. The zero-order valence-electron chi connectivity index (χ0n) is 7.50.